The summed E-state index contributed by atoms with van der Waals surface area (Å²) in [6.07, 6.45) is 4.21. The summed E-state index contributed by atoms with van der Waals surface area (Å²) in [7, 11) is 0. The van der Waals surface area contributed by atoms with Crippen LogP contribution in [0.5, 0.6) is 0 Å². The maximum Gasteiger partial charge on any atom is 0.132 e. The third kappa shape index (κ3) is 3.67. The zero-order chi connectivity index (χ0) is 16.3. The van der Waals surface area contributed by atoms with Crippen molar-refractivity contribution in [3.8, 4) is 0 Å². The van der Waals surface area contributed by atoms with Crippen LogP contribution in [0.2, 0.25) is 0 Å². The van der Waals surface area contributed by atoms with E-state index in [0.29, 0.717) is 6.42 Å². The molecule has 1 N–H and O–H groups in total. The summed E-state index contributed by atoms with van der Waals surface area (Å²) in [5.74, 6) is 1.49. The number of aliphatic hydroxyl groups excluding tert-OH is 1. The number of rotatable bonds is 4. The molecular formula is C18H22FN3O. The molecule has 4 nitrogen and oxygen atoms in total. The summed E-state index contributed by atoms with van der Waals surface area (Å²) in [5, 5.41) is 9.94. The van der Waals surface area contributed by atoms with Crippen molar-refractivity contribution >= 4 is 5.82 Å². The number of piperidine rings is 1. The molecule has 0 atom stereocenters. The van der Waals surface area contributed by atoms with E-state index in [-0.39, 0.29) is 17.8 Å². The monoisotopic (exact) mass is 315 g/mol. The molecule has 122 valence electrons. The highest BCUT2D eigenvalue weighted by Gasteiger charge is 2.34. The Morgan fingerprint density at radius 1 is 1.26 bits per heavy atom. The lowest BCUT2D eigenvalue weighted by Gasteiger charge is -2.41. The van der Waals surface area contributed by atoms with E-state index in [1.54, 1.807) is 18.3 Å². The van der Waals surface area contributed by atoms with Crippen LogP contribution in [0.25, 0.3) is 0 Å². The van der Waals surface area contributed by atoms with Gasteiger partial charge in [0.1, 0.15) is 17.5 Å². The minimum atomic E-state index is -0.218. The van der Waals surface area contributed by atoms with Crippen LogP contribution in [0.4, 0.5) is 10.2 Å². The van der Waals surface area contributed by atoms with Crippen molar-refractivity contribution in [3.05, 3.63) is 53.7 Å². The molecule has 23 heavy (non-hydrogen) atoms. The van der Waals surface area contributed by atoms with E-state index in [1.165, 1.54) is 6.07 Å². The van der Waals surface area contributed by atoms with Gasteiger partial charge in [-0.25, -0.2) is 14.4 Å². The van der Waals surface area contributed by atoms with Crippen molar-refractivity contribution in [3.63, 3.8) is 0 Å². The smallest absolute Gasteiger partial charge is 0.132 e. The highest BCUT2D eigenvalue weighted by molar-refractivity contribution is 5.38. The van der Waals surface area contributed by atoms with E-state index in [4.69, 9.17) is 0 Å². The molecule has 0 aliphatic carbocycles. The lowest BCUT2D eigenvalue weighted by Crippen LogP contribution is -2.43. The van der Waals surface area contributed by atoms with Gasteiger partial charge in [0, 0.05) is 31.3 Å². The van der Waals surface area contributed by atoms with Crippen LogP contribution < -0.4 is 4.90 Å². The van der Waals surface area contributed by atoms with E-state index in [9.17, 15) is 9.50 Å². The van der Waals surface area contributed by atoms with E-state index < -0.39 is 0 Å². The SMILES string of the molecule is Cc1nccc(N2CCC(CO)(Cc3cccc(F)c3)CC2)n1. The Bertz CT molecular complexity index is 669. The van der Waals surface area contributed by atoms with Gasteiger partial charge in [-0.3, -0.25) is 0 Å². The van der Waals surface area contributed by atoms with Crippen molar-refractivity contribution in [2.75, 3.05) is 24.6 Å². The topological polar surface area (TPSA) is 49.2 Å². The van der Waals surface area contributed by atoms with Gasteiger partial charge >= 0.3 is 0 Å². The van der Waals surface area contributed by atoms with Crippen LogP contribution in [0.3, 0.4) is 0 Å². The second kappa shape index (κ2) is 6.62. The van der Waals surface area contributed by atoms with Gasteiger partial charge in [0.15, 0.2) is 0 Å². The first-order chi connectivity index (χ1) is 11.1. The molecule has 1 fully saturated rings. The molecule has 0 radical (unpaired) electrons. The first-order valence-electron chi connectivity index (χ1n) is 8.00. The van der Waals surface area contributed by atoms with Crippen molar-refractivity contribution in [2.45, 2.75) is 26.2 Å². The number of anilines is 1. The van der Waals surface area contributed by atoms with Crippen LogP contribution in [0.15, 0.2) is 36.5 Å². The fourth-order valence-corrected chi connectivity index (χ4v) is 3.30. The fourth-order valence-electron chi connectivity index (χ4n) is 3.30. The third-order valence-corrected chi connectivity index (χ3v) is 4.71. The maximum absolute atomic E-state index is 13.4. The zero-order valence-corrected chi connectivity index (χ0v) is 13.4. The van der Waals surface area contributed by atoms with Gasteiger partial charge in [0.25, 0.3) is 0 Å². The van der Waals surface area contributed by atoms with Crippen LogP contribution in [-0.2, 0) is 6.42 Å². The van der Waals surface area contributed by atoms with Gasteiger partial charge in [0.05, 0.1) is 0 Å². The largest absolute Gasteiger partial charge is 0.396 e. The minimum Gasteiger partial charge on any atom is -0.396 e. The number of aliphatic hydroxyl groups is 1. The van der Waals surface area contributed by atoms with Crippen LogP contribution in [0.1, 0.15) is 24.2 Å². The molecule has 5 heteroatoms. The normalized spacial score (nSPS) is 17.3. The fraction of sp³-hybridized carbons (Fsp3) is 0.444. The summed E-state index contributed by atoms with van der Waals surface area (Å²) in [6.45, 7) is 3.69. The number of nitrogens with zero attached hydrogens (tertiary/aromatic N) is 3. The van der Waals surface area contributed by atoms with Crippen molar-refractivity contribution < 1.29 is 9.50 Å². The molecule has 1 aromatic carbocycles. The minimum absolute atomic E-state index is 0.125. The highest BCUT2D eigenvalue weighted by Crippen LogP contribution is 2.36. The van der Waals surface area contributed by atoms with Gasteiger partial charge < -0.3 is 10.0 Å². The average Bonchev–Trinajstić information content (AvgIpc) is 2.55. The molecule has 0 amide bonds. The second-order valence-corrected chi connectivity index (χ2v) is 6.41. The number of aryl methyl sites for hydroxylation is 1. The highest BCUT2D eigenvalue weighted by atomic mass is 19.1. The van der Waals surface area contributed by atoms with E-state index >= 15 is 0 Å². The lowest BCUT2D eigenvalue weighted by atomic mass is 9.74. The molecule has 1 aromatic heterocycles. The Hall–Kier alpha value is -2.01. The summed E-state index contributed by atoms with van der Waals surface area (Å²) < 4.78 is 13.4. The molecule has 2 heterocycles. The predicted molar refractivity (Wildman–Crippen MR) is 87.8 cm³/mol. The van der Waals surface area contributed by atoms with Gasteiger partial charge in [-0.2, -0.15) is 0 Å². The van der Waals surface area contributed by atoms with Crippen LogP contribution in [-0.4, -0.2) is 34.8 Å². The number of hydrogen-bond acceptors (Lipinski definition) is 4. The molecule has 2 aromatic rings. The van der Waals surface area contributed by atoms with E-state index in [1.807, 2.05) is 19.1 Å². The Morgan fingerprint density at radius 2 is 2.04 bits per heavy atom. The summed E-state index contributed by atoms with van der Waals surface area (Å²) in [6, 6.07) is 8.60. The van der Waals surface area contributed by atoms with Gasteiger partial charge in [-0.15, -0.1) is 0 Å². The van der Waals surface area contributed by atoms with Crippen LogP contribution in [0, 0.1) is 18.2 Å². The van der Waals surface area contributed by atoms with Gasteiger partial charge in [0.2, 0.25) is 0 Å². The number of benzene rings is 1. The molecule has 1 saturated heterocycles. The molecule has 0 unspecified atom stereocenters. The lowest BCUT2D eigenvalue weighted by molar-refractivity contribution is 0.0960. The molecule has 0 saturated carbocycles. The first-order valence-corrected chi connectivity index (χ1v) is 8.00. The van der Waals surface area contributed by atoms with Crippen LogP contribution >= 0.6 is 0 Å². The molecule has 0 bridgehead atoms. The standard InChI is InChI=1S/C18H22FN3O/c1-14-20-8-5-17(21-14)22-9-6-18(13-23,7-10-22)12-15-3-2-4-16(19)11-15/h2-5,8,11,23H,6-7,9-10,12-13H2,1H3. The summed E-state index contributed by atoms with van der Waals surface area (Å²) >= 11 is 0. The van der Waals surface area contributed by atoms with Gasteiger partial charge in [-0.1, -0.05) is 12.1 Å². The quantitative estimate of drug-likeness (QED) is 0.942. The van der Waals surface area contributed by atoms with Gasteiger partial charge in [-0.05, 0) is 49.9 Å². The number of halogens is 1. The zero-order valence-electron chi connectivity index (χ0n) is 13.4. The molecule has 1 aliphatic rings. The molecule has 0 spiro atoms. The first kappa shape index (κ1) is 15.9. The van der Waals surface area contributed by atoms with Crippen molar-refractivity contribution in [1.29, 1.82) is 0 Å². The van der Waals surface area contributed by atoms with E-state index in [2.05, 4.69) is 14.9 Å². The Labute approximate surface area is 136 Å². The van der Waals surface area contributed by atoms with Crippen molar-refractivity contribution in [2.24, 2.45) is 5.41 Å². The van der Waals surface area contributed by atoms with E-state index in [0.717, 1.165) is 43.1 Å². The predicted octanol–water partition coefficient (Wildman–Crippen LogP) is 2.75. The molecule has 3 rings (SSSR count). The molecular weight excluding hydrogens is 293 g/mol. The Kier molecular flexibility index (Phi) is 4.57. The van der Waals surface area contributed by atoms with Crippen molar-refractivity contribution in [1.82, 2.24) is 9.97 Å². The summed E-state index contributed by atoms with van der Waals surface area (Å²) in [5.41, 5.74) is 0.775. The number of hydrogen-bond donors (Lipinski definition) is 1. The maximum atomic E-state index is 13.4. The second-order valence-electron chi connectivity index (χ2n) is 6.41. The summed E-state index contributed by atoms with van der Waals surface area (Å²) in [4.78, 5) is 10.8. The molecule has 1 aliphatic heterocycles. The Morgan fingerprint density at radius 3 is 2.70 bits per heavy atom. The third-order valence-electron chi connectivity index (χ3n) is 4.71. The average molecular weight is 315 g/mol. The number of aromatic nitrogens is 2. The Balaban J connectivity index is 1.69.